The number of hydrogen-bond donors (Lipinski definition) is 1. The van der Waals surface area contributed by atoms with Gasteiger partial charge in [-0.15, -0.1) is 0 Å². The van der Waals surface area contributed by atoms with Crippen molar-refractivity contribution in [2.24, 2.45) is 5.73 Å². The van der Waals surface area contributed by atoms with Gasteiger partial charge in [0.25, 0.3) is 0 Å². The number of nitrogens with zero attached hydrogens (tertiary/aromatic N) is 2. The Hall–Kier alpha value is -1.35. The number of aryl methyl sites for hydroxylation is 1. The molecule has 1 heterocycles. The SMILES string of the molecule is Cc1nc2ccccc2n1C(C)CN. The van der Waals surface area contributed by atoms with Crippen LogP contribution in [0.5, 0.6) is 0 Å². The largest absolute Gasteiger partial charge is 0.328 e. The van der Waals surface area contributed by atoms with Crippen LogP contribution in [0.4, 0.5) is 0 Å². The lowest BCUT2D eigenvalue weighted by molar-refractivity contribution is 0.559. The maximum atomic E-state index is 5.67. The number of nitrogens with two attached hydrogens (primary N) is 1. The van der Waals surface area contributed by atoms with Crippen LogP contribution in [0.15, 0.2) is 24.3 Å². The van der Waals surface area contributed by atoms with E-state index < -0.39 is 0 Å². The highest BCUT2D eigenvalue weighted by Gasteiger charge is 2.10. The molecule has 0 aliphatic heterocycles. The highest BCUT2D eigenvalue weighted by atomic mass is 15.1. The van der Waals surface area contributed by atoms with Gasteiger partial charge in [0, 0.05) is 12.6 Å². The Morgan fingerprint density at radius 3 is 2.86 bits per heavy atom. The van der Waals surface area contributed by atoms with E-state index >= 15 is 0 Å². The molecule has 0 radical (unpaired) electrons. The predicted molar refractivity (Wildman–Crippen MR) is 58.2 cm³/mol. The molecule has 0 amide bonds. The normalized spacial score (nSPS) is 13.4. The van der Waals surface area contributed by atoms with Crippen molar-refractivity contribution in [1.82, 2.24) is 9.55 Å². The maximum absolute atomic E-state index is 5.67. The summed E-state index contributed by atoms with van der Waals surface area (Å²) in [6.45, 7) is 4.77. The van der Waals surface area contributed by atoms with E-state index in [0.29, 0.717) is 12.6 Å². The summed E-state index contributed by atoms with van der Waals surface area (Å²) in [5.41, 5.74) is 7.89. The Balaban J connectivity index is 2.67. The van der Waals surface area contributed by atoms with Gasteiger partial charge >= 0.3 is 0 Å². The Morgan fingerprint density at radius 2 is 2.14 bits per heavy atom. The minimum Gasteiger partial charge on any atom is -0.328 e. The summed E-state index contributed by atoms with van der Waals surface area (Å²) in [4.78, 5) is 4.49. The molecular formula is C11H15N3. The highest BCUT2D eigenvalue weighted by Crippen LogP contribution is 2.19. The monoisotopic (exact) mass is 189 g/mol. The van der Waals surface area contributed by atoms with Crippen LogP contribution in [0.25, 0.3) is 11.0 Å². The molecule has 0 aliphatic carbocycles. The van der Waals surface area contributed by atoms with Gasteiger partial charge in [0.15, 0.2) is 0 Å². The Bertz CT molecular complexity index is 445. The number of benzene rings is 1. The quantitative estimate of drug-likeness (QED) is 0.783. The van der Waals surface area contributed by atoms with Crippen LogP contribution in [-0.2, 0) is 0 Å². The number of hydrogen-bond acceptors (Lipinski definition) is 2. The van der Waals surface area contributed by atoms with Gasteiger partial charge in [0.1, 0.15) is 5.82 Å². The molecule has 0 aliphatic rings. The van der Waals surface area contributed by atoms with Crippen molar-refractivity contribution >= 4 is 11.0 Å². The van der Waals surface area contributed by atoms with Gasteiger partial charge in [-0.1, -0.05) is 12.1 Å². The third-order valence-corrected chi connectivity index (χ3v) is 2.55. The average molecular weight is 189 g/mol. The fourth-order valence-electron chi connectivity index (χ4n) is 1.83. The second-order valence-electron chi connectivity index (χ2n) is 3.60. The first-order valence-corrected chi connectivity index (χ1v) is 4.87. The summed E-state index contributed by atoms with van der Waals surface area (Å²) >= 11 is 0. The van der Waals surface area contributed by atoms with Gasteiger partial charge in [0.05, 0.1) is 11.0 Å². The minimum absolute atomic E-state index is 0.308. The molecule has 0 saturated heterocycles. The van der Waals surface area contributed by atoms with Gasteiger partial charge in [-0.05, 0) is 26.0 Å². The van der Waals surface area contributed by atoms with Gasteiger partial charge < -0.3 is 10.3 Å². The van der Waals surface area contributed by atoms with Crippen LogP contribution < -0.4 is 5.73 Å². The van der Waals surface area contributed by atoms with Crippen molar-refractivity contribution in [1.29, 1.82) is 0 Å². The molecule has 1 aromatic heterocycles. The molecule has 1 unspecified atom stereocenters. The van der Waals surface area contributed by atoms with E-state index in [2.05, 4.69) is 22.5 Å². The molecule has 14 heavy (non-hydrogen) atoms. The smallest absolute Gasteiger partial charge is 0.107 e. The molecule has 2 rings (SSSR count). The zero-order valence-corrected chi connectivity index (χ0v) is 8.57. The molecule has 0 saturated carbocycles. The van der Waals surface area contributed by atoms with Crippen molar-refractivity contribution in [2.75, 3.05) is 6.54 Å². The summed E-state index contributed by atoms with van der Waals surface area (Å²) in [6, 6.07) is 8.46. The molecule has 3 nitrogen and oxygen atoms in total. The van der Waals surface area contributed by atoms with Crippen LogP contribution in [-0.4, -0.2) is 16.1 Å². The van der Waals surface area contributed by atoms with Crippen molar-refractivity contribution in [3.8, 4) is 0 Å². The van der Waals surface area contributed by atoms with Crippen molar-refractivity contribution in [3.63, 3.8) is 0 Å². The van der Waals surface area contributed by atoms with Crippen molar-refractivity contribution < 1.29 is 0 Å². The molecule has 74 valence electrons. The molecule has 1 atom stereocenters. The summed E-state index contributed by atoms with van der Waals surface area (Å²) in [5, 5.41) is 0. The first kappa shape index (κ1) is 9.21. The molecule has 3 heteroatoms. The van der Waals surface area contributed by atoms with Crippen LogP contribution in [0.3, 0.4) is 0 Å². The summed E-state index contributed by atoms with van der Waals surface area (Å²) < 4.78 is 2.19. The third kappa shape index (κ3) is 1.30. The topological polar surface area (TPSA) is 43.8 Å². The van der Waals surface area contributed by atoms with E-state index in [1.807, 2.05) is 25.1 Å². The van der Waals surface area contributed by atoms with E-state index in [0.717, 1.165) is 11.3 Å². The zero-order chi connectivity index (χ0) is 10.1. The average Bonchev–Trinajstić information content (AvgIpc) is 2.53. The summed E-state index contributed by atoms with van der Waals surface area (Å²) in [7, 11) is 0. The van der Waals surface area contributed by atoms with Crippen LogP contribution >= 0.6 is 0 Å². The predicted octanol–water partition coefficient (Wildman–Crippen LogP) is 1.86. The highest BCUT2D eigenvalue weighted by molar-refractivity contribution is 5.76. The summed E-state index contributed by atoms with van der Waals surface area (Å²) in [5.74, 6) is 1.03. The van der Waals surface area contributed by atoms with E-state index in [1.54, 1.807) is 0 Å². The molecule has 1 aromatic carbocycles. The molecule has 2 N–H and O–H groups in total. The molecule has 2 aromatic rings. The number of para-hydroxylation sites is 2. The number of aromatic nitrogens is 2. The first-order chi connectivity index (χ1) is 6.74. The lowest BCUT2D eigenvalue weighted by atomic mass is 10.3. The molecule has 0 fully saturated rings. The maximum Gasteiger partial charge on any atom is 0.107 e. The first-order valence-electron chi connectivity index (χ1n) is 4.87. The lowest BCUT2D eigenvalue weighted by Crippen LogP contribution is -2.16. The van der Waals surface area contributed by atoms with Crippen LogP contribution in [0.2, 0.25) is 0 Å². The zero-order valence-electron chi connectivity index (χ0n) is 8.57. The fraction of sp³-hybridized carbons (Fsp3) is 0.364. The molecule has 0 spiro atoms. The second-order valence-corrected chi connectivity index (χ2v) is 3.60. The van der Waals surface area contributed by atoms with Gasteiger partial charge in [0.2, 0.25) is 0 Å². The lowest BCUT2D eigenvalue weighted by Gasteiger charge is -2.13. The Morgan fingerprint density at radius 1 is 1.43 bits per heavy atom. The molecule has 0 bridgehead atoms. The van der Waals surface area contributed by atoms with E-state index in [-0.39, 0.29) is 0 Å². The van der Waals surface area contributed by atoms with Gasteiger partial charge in [-0.2, -0.15) is 0 Å². The van der Waals surface area contributed by atoms with Crippen molar-refractivity contribution in [3.05, 3.63) is 30.1 Å². The number of imidazole rings is 1. The van der Waals surface area contributed by atoms with Gasteiger partial charge in [-0.3, -0.25) is 0 Å². The Kier molecular flexibility index (Phi) is 2.25. The second kappa shape index (κ2) is 3.42. The number of fused-ring (bicyclic) bond motifs is 1. The standard InChI is InChI=1S/C11H15N3/c1-8(7-12)14-9(2)13-10-5-3-4-6-11(10)14/h3-6,8H,7,12H2,1-2H3. The number of rotatable bonds is 2. The van der Waals surface area contributed by atoms with Crippen LogP contribution in [0, 0.1) is 6.92 Å². The van der Waals surface area contributed by atoms with Gasteiger partial charge in [-0.25, -0.2) is 4.98 Å². The molecular weight excluding hydrogens is 174 g/mol. The Labute approximate surface area is 83.6 Å². The van der Waals surface area contributed by atoms with Crippen LogP contribution in [0.1, 0.15) is 18.8 Å². The van der Waals surface area contributed by atoms with E-state index in [9.17, 15) is 0 Å². The minimum atomic E-state index is 0.308. The van der Waals surface area contributed by atoms with Crippen molar-refractivity contribution in [2.45, 2.75) is 19.9 Å². The van der Waals surface area contributed by atoms with E-state index in [4.69, 9.17) is 5.73 Å². The third-order valence-electron chi connectivity index (χ3n) is 2.55. The van der Waals surface area contributed by atoms with E-state index in [1.165, 1.54) is 5.52 Å². The summed E-state index contributed by atoms with van der Waals surface area (Å²) in [6.07, 6.45) is 0. The fourth-order valence-corrected chi connectivity index (χ4v) is 1.83.